The van der Waals surface area contributed by atoms with Gasteiger partial charge in [0.25, 0.3) is 0 Å². The zero-order valence-electron chi connectivity index (χ0n) is 9.27. The predicted molar refractivity (Wildman–Crippen MR) is 69.6 cm³/mol. The molecule has 0 aromatic carbocycles. The molecule has 0 fully saturated rings. The Morgan fingerprint density at radius 3 is 3.12 bits per heavy atom. The summed E-state index contributed by atoms with van der Waals surface area (Å²) in [6, 6.07) is 4.08. The molecule has 0 radical (unpaired) electrons. The Hall–Kier alpha value is -0.840. The summed E-state index contributed by atoms with van der Waals surface area (Å²) in [4.78, 5) is 5.73. The van der Waals surface area contributed by atoms with E-state index in [1.807, 2.05) is 18.3 Å². The Balaban J connectivity index is 2.01. The lowest BCUT2D eigenvalue weighted by Gasteiger charge is -2.22. The Labute approximate surface area is 109 Å². The first-order chi connectivity index (χ1) is 8.28. The fourth-order valence-corrected chi connectivity index (χ4v) is 3.32. The highest BCUT2D eigenvalue weighted by atomic mass is 35.5. The second-order valence-electron chi connectivity index (χ2n) is 4.28. The third-order valence-electron chi connectivity index (χ3n) is 3.18. The second-order valence-corrected chi connectivity index (χ2v) is 6.00. The van der Waals surface area contributed by atoms with Crippen LogP contribution in [0.4, 0.5) is 0 Å². The first-order valence-corrected chi connectivity index (χ1v) is 6.91. The van der Waals surface area contributed by atoms with Crippen LogP contribution < -0.4 is 0 Å². The maximum Gasteiger partial charge on any atom is 0.109 e. The van der Waals surface area contributed by atoms with Crippen LogP contribution in [0.25, 0.3) is 10.6 Å². The molecule has 0 spiro atoms. The fraction of sp³-hybridized carbons (Fsp3) is 0.417. The first-order valence-electron chi connectivity index (χ1n) is 5.72. The first kappa shape index (κ1) is 11.3. The second kappa shape index (κ2) is 4.44. The summed E-state index contributed by atoms with van der Waals surface area (Å²) in [5.74, 6) is 1.08. The van der Waals surface area contributed by atoms with Crippen LogP contribution in [-0.4, -0.2) is 21.3 Å². The van der Waals surface area contributed by atoms with E-state index in [-0.39, 0.29) is 12.6 Å². The van der Waals surface area contributed by atoms with Crippen LogP contribution in [0.5, 0.6) is 0 Å². The van der Waals surface area contributed by atoms with Gasteiger partial charge in [-0.1, -0.05) is 11.6 Å². The summed E-state index contributed by atoms with van der Waals surface area (Å²) in [6.45, 7) is 0.188. The lowest BCUT2D eigenvalue weighted by Crippen LogP contribution is -2.20. The Morgan fingerprint density at radius 1 is 1.53 bits per heavy atom. The van der Waals surface area contributed by atoms with Gasteiger partial charge in [-0.05, 0) is 25.0 Å². The maximum atomic E-state index is 9.35. The lowest BCUT2D eigenvalue weighted by atomic mass is 10.1. The van der Waals surface area contributed by atoms with E-state index in [1.54, 1.807) is 11.3 Å². The summed E-state index contributed by atoms with van der Waals surface area (Å²) < 4.78 is 2.90. The van der Waals surface area contributed by atoms with Crippen molar-refractivity contribution in [2.24, 2.45) is 0 Å². The van der Waals surface area contributed by atoms with E-state index in [2.05, 4.69) is 9.55 Å². The number of imidazole rings is 1. The normalized spacial score (nSPS) is 19.3. The van der Waals surface area contributed by atoms with Gasteiger partial charge in [0.2, 0.25) is 0 Å². The highest BCUT2D eigenvalue weighted by molar-refractivity contribution is 7.19. The Bertz CT molecular complexity index is 534. The van der Waals surface area contributed by atoms with Crippen LogP contribution in [0.3, 0.4) is 0 Å². The quantitative estimate of drug-likeness (QED) is 0.909. The van der Waals surface area contributed by atoms with Crippen LogP contribution >= 0.6 is 22.9 Å². The summed E-state index contributed by atoms with van der Waals surface area (Å²) in [6.07, 6.45) is 5.17. The molecule has 3 heterocycles. The van der Waals surface area contributed by atoms with Gasteiger partial charge in [-0.15, -0.1) is 11.3 Å². The van der Waals surface area contributed by atoms with E-state index in [0.29, 0.717) is 0 Å². The van der Waals surface area contributed by atoms with Gasteiger partial charge in [-0.3, -0.25) is 0 Å². The molecule has 17 heavy (non-hydrogen) atoms. The number of fused-ring (bicyclic) bond motifs is 1. The topological polar surface area (TPSA) is 38.1 Å². The number of halogens is 1. The molecule has 3 rings (SSSR count). The average molecular weight is 269 g/mol. The number of hydrogen-bond donors (Lipinski definition) is 1. The minimum Gasteiger partial charge on any atom is -0.394 e. The van der Waals surface area contributed by atoms with Gasteiger partial charge >= 0.3 is 0 Å². The van der Waals surface area contributed by atoms with Gasteiger partial charge in [0.05, 0.1) is 27.6 Å². The molecule has 1 N–H and O–H groups in total. The largest absolute Gasteiger partial charge is 0.394 e. The molecular formula is C12H13ClN2OS. The number of aliphatic hydroxyl groups excluding tert-OH is 1. The minimum atomic E-state index is 0.188. The zero-order valence-corrected chi connectivity index (χ0v) is 10.8. The molecule has 1 aliphatic heterocycles. The van der Waals surface area contributed by atoms with Crippen molar-refractivity contribution < 1.29 is 5.11 Å². The van der Waals surface area contributed by atoms with Gasteiger partial charge < -0.3 is 9.67 Å². The monoisotopic (exact) mass is 268 g/mol. The zero-order chi connectivity index (χ0) is 11.8. The number of hydrogen-bond acceptors (Lipinski definition) is 3. The van der Waals surface area contributed by atoms with E-state index in [9.17, 15) is 5.11 Å². The molecule has 0 bridgehead atoms. The molecule has 0 aliphatic carbocycles. The van der Waals surface area contributed by atoms with Gasteiger partial charge in [-0.25, -0.2) is 4.98 Å². The highest BCUT2D eigenvalue weighted by Crippen LogP contribution is 2.33. The van der Waals surface area contributed by atoms with Crippen LogP contribution in [-0.2, 0) is 6.42 Å². The number of nitrogens with zero attached hydrogens (tertiary/aromatic N) is 2. The summed E-state index contributed by atoms with van der Waals surface area (Å²) in [5, 5.41) is 9.35. The van der Waals surface area contributed by atoms with E-state index in [0.717, 1.165) is 40.0 Å². The predicted octanol–water partition coefficient (Wildman–Crippen LogP) is 3.13. The van der Waals surface area contributed by atoms with Crippen molar-refractivity contribution in [2.45, 2.75) is 25.3 Å². The van der Waals surface area contributed by atoms with E-state index in [1.165, 1.54) is 0 Å². The smallest absolute Gasteiger partial charge is 0.109 e. The van der Waals surface area contributed by atoms with Crippen molar-refractivity contribution in [2.75, 3.05) is 6.61 Å². The molecule has 90 valence electrons. The number of rotatable bonds is 2. The number of thiophene rings is 1. The molecule has 1 atom stereocenters. The van der Waals surface area contributed by atoms with Crippen molar-refractivity contribution in [1.82, 2.24) is 9.55 Å². The van der Waals surface area contributed by atoms with Crippen molar-refractivity contribution in [1.29, 1.82) is 0 Å². The van der Waals surface area contributed by atoms with Crippen LogP contribution in [0.1, 0.15) is 24.7 Å². The van der Waals surface area contributed by atoms with Gasteiger partial charge in [0, 0.05) is 12.6 Å². The van der Waals surface area contributed by atoms with Crippen molar-refractivity contribution >= 4 is 22.9 Å². The molecule has 1 unspecified atom stereocenters. The summed E-state index contributed by atoms with van der Waals surface area (Å²) >= 11 is 7.48. The van der Waals surface area contributed by atoms with Gasteiger partial charge in [0.15, 0.2) is 0 Å². The third kappa shape index (κ3) is 2.01. The summed E-state index contributed by atoms with van der Waals surface area (Å²) in [5.41, 5.74) is 0.970. The van der Waals surface area contributed by atoms with E-state index in [4.69, 9.17) is 11.6 Å². The highest BCUT2D eigenvalue weighted by Gasteiger charge is 2.21. The average Bonchev–Trinajstić information content (AvgIpc) is 2.93. The van der Waals surface area contributed by atoms with E-state index < -0.39 is 0 Å². The van der Waals surface area contributed by atoms with Gasteiger partial charge in [-0.2, -0.15) is 0 Å². The third-order valence-corrected chi connectivity index (χ3v) is 4.43. The molecule has 2 aromatic heterocycles. The van der Waals surface area contributed by atoms with E-state index >= 15 is 0 Å². The minimum absolute atomic E-state index is 0.188. The lowest BCUT2D eigenvalue weighted by molar-refractivity contribution is 0.206. The number of aliphatic hydroxyl groups is 1. The van der Waals surface area contributed by atoms with Crippen LogP contribution in [0.2, 0.25) is 4.34 Å². The molecule has 5 heteroatoms. The molecule has 0 saturated carbocycles. The maximum absolute atomic E-state index is 9.35. The van der Waals surface area contributed by atoms with Crippen molar-refractivity contribution in [3.05, 3.63) is 28.5 Å². The van der Waals surface area contributed by atoms with Crippen molar-refractivity contribution in [3.8, 4) is 10.6 Å². The standard InChI is InChI=1S/C12H13ClN2OS/c13-11-5-4-10(17-11)9-6-15-8(7-16)2-1-3-12(15)14-9/h4-6,8,16H,1-3,7H2. The molecule has 0 amide bonds. The Kier molecular flexibility index (Phi) is 2.94. The SMILES string of the molecule is OCC1CCCc2nc(-c3ccc(Cl)s3)cn21. The Morgan fingerprint density at radius 2 is 2.41 bits per heavy atom. The molecular weight excluding hydrogens is 256 g/mol. The molecule has 2 aromatic rings. The molecule has 0 saturated heterocycles. The van der Waals surface area contributed by atoms with Crippen LogP contribution in [0.15, 0.2) is 18.3 Å². The molecule has 3 nitrogen and oxygen atoms in total. The molecule has 1 aliphatic rings. The summed E-state index contributed by atoms with van der Waals surface area (Å²) in [7, 11) is 0. The van der Waals surface area contributed by atoms with Gasteiger partial charge in [0.1, 0.15) is 5.82 Å². The van der Waals surface area contributed by atoms with Crippen molar-refractivity contribution in [3.63, 3.8) is 0 Å². The van der Waals surface area contributed by atoms with Crippen LogP contribution in [0, 0.1) is 0 Å². The number of aromatic nitrogens is 2. The number of aryl methyl sites for hydroxylation is 1. The fourth-order valence-electron chi connectivity index (χ4n) is 2.32.